The molecule has 0 bridgehead atoms. The molecule has 232 valence electrons. The molecule has 1 aliphatic heterocycles. The van der Waals surface area contributed by atoms with Gasteiger partial charge in [0, 0.05) is 29.9 Å². The van der Waals surface area contributed by atoms with Crippen molar-refractivity contribution >= 4 is 17.5 Å². The molecule has 1 unspecified atom stereocenters. The average Bonchev–Trinajstić information content (AvgIpc) is 3.52. The number of alkyl halides is 1. The molecule has 1 N–H and O–H groups in total. The van der Waals surface area contributed by atoms with Gasteiger partial charge in [-0.1, -0.05) is 100 Å². The van der Waals surface area contributed by atoms with E-state index in [0.29, 0.717) is 30.8 Å². The summed E-state index contributed by atoms with van der Waals surface area (Å²) in [6.45, 7) is 11.5. The standard InChI is InChI=1S/C39H47FN2O2/c1-27(24-39(2,3)4)16-19-29-13-9-15-35(34(29)25-40)41-37(43)36(31-11-5-6-12-31)32-20-17-28(18-21-32)26-42-23-22-30-10-7-8-14-33(30)38(42)44/h7-10,13-15,17-18,20-21,31,36H,1,5-6,11-12,16,19,22-26H2,2-4H3,(H,41,43). The summed E-state index contributed by atoms with van der Waals surface area (Å²) in [7, 11) is 0. The zero-order valence-electron chi connectivity index (χ0n) is 26.6. The van der Waals surface area contributed by atoms with Gasteiger partial charge in [-0.05, 0) is 84.2 Å². The van der Waals surface area contributed by atoms with Gasteiger partial charge in [-0.3, -0.25) is 9.59 Å². The first kappa shape index (κ1) is 31.7. The van der Waals surface area contributed by atoms with Gasteiger partial charge in [0.05, 0.1) is 5.92 Å². The van der Waals surface area contributed by atoms with Gasteiger partial charge in [-0.15, -0.1) is 0 Å². The lowest BCUT2D eigenvalue weighted by Crippen LogP contribution is -2.37. The number of rotatable bonds is 11. The molecule has 0 aromatic heterocycles. The lowest BCUT2D eigenvalue weighted by molar-refractivity contribution is -0.118. The van der Waals surface area contributed by atoms with Gasteiger partial charge >= 0.3 is 0 Å². The van der Waals surface area contributed by atoms with Crippen LogP contribution in [-0.2, 0) is 30.9 Å². The van der Waals surface area contributed by atoms with Crippen molar-refractivity contribution in [3.8, 4) is 0 Å². The number of anilines is 1. The number of carbonyl (C=O) groups excluding carboxylic acids is 2. The fourth-order valence-electron chi connectivity index (χ4n) is 7.11. The summed E-state index contributed by atoms with van der Waals surface area (Å²) in [5.41, 5.74) is 7.32. The highest BCUT2D eigenvalue weighted by Gasteiger charge is 2.33. The van der Waals surface area contributed by atoms with Gasteiger partial charge in [-0.2, -0.15) is 0 Å². The van der Waals surface area contributed by atoms with Crippen LogP contribution in [0.25, 0.3) is 0 Å². The smallest absolute Gasteiger partial charge is 0.254 e. The first-order chi connectivity index (χ1) is 21.1. The summed E-state index contributed by atoms with van der Waals surface area (Å²) < 4.78 is 14.5. The molecule has 5 rings (SSSR count). The Morgan fingerprint density at radius 3 is 2.45 bits per heavy atom. The molecule has 0 spiro atoms. The van der Waals surface area contributed by atoms with E-state index in [1.807, 2.05) is 59.5 Å². The van der Waals surface area contributed by atoms with Gasteiger partial charge in [0.25, 0.3) is 5.91 Å². The van der Waals surface area contributed by atoms with Gasteiger partial charge in [-0.25, -0.2) is 4.39 Å². The molecule has 44 heavy (non-hydrogen) atoms. The van der Waals surface area contributed by atoms with Crippen molar-refractivity contribution in [1.29, 1.82) is 0 Å². The van der Waals surface area contributed by atoms with Gasteiger partial charge < -0.3 is 10.2 Å². The van der Waals surface area contributed by atoms with Gasteiger partial charge in [0.2, 0.25) is 5.91 Å². The van der Waals surface area contributed by atoms with Crippen LogP contribution in [0, 0.1) is 11.3 Å². The Morgan fingerprint density at radius 1 is 1.02 bits per heavy atom. The Hall–Kier alpha value is -3.73. The first-order valence-electron chi connectivity index (χ1n) is 16.2. The molecule has 3 aromatic rings. The maximum absolute atomic E-state index is 14.5. The number of fused-ring (bicyclic) bond motifs is 1. The highest BCUT2D eigenvalue weighted by atomic mass is 19.1. The highest BCUT2D eigenvalue weighted by molar-refractivity contribution is 5.97. The predicted molar refractivity (Wildman–Crippen MR) is 177 cm³/mol. The van der Waals surface area contributed by atoms with Crippen LogP contribution in [0.2, 0.25) is 0 Å². The van der Waals surface area contributed by atoms with Crippen molar-refractivity contribution in [2.75, 3.05) is 11.9 Å². The second kappa shape index (κ2) is 13.9. The van der Waals surface area contributed by atoms with Crippen molar-refractivity contribution < 1.29 is 14.0 Å². The van der Waals surface area contributed by atoms with Gasteiger partial charge in [0.15, 0.2) is 0 Å². The zero-order chi connectivity index (χ0) is 31.3. The Labute approximate surface area is 262 Å². The first-order valence-corrected chi connectivity index (χ1v) is 16.2. The van der Waals surface area contributed by atoms with E-state index in [-0.39, 0.29) is 29.1 Å². The summed E-state index contributed by atoms with van der Waals surface area (Å²) in [4.78, 5) is 28.9. The van der Waals surface area contributed by atoms with Crippen molar-refractivity contribution in [2.45, 2.75) is 91.3 Å². The number of hydrogen-bond acceptors (Lipinski definition) is 2. The summed E-state index contributed by atoms with van der Waals surface area (Å²) in [5, 5.41) is 3.14. The summed E-state index contributed by atoms with van der Waals surface area (Å²) in [6, 6.07) is 21.7. The molecule has 1 saturated carbocycles. The maximum Gasteiger partial charge on any atom is 0.254 e. The Kier molecular flexibility index (Phi) is 10.0. The summed E-state index contributed by atoms with van der Waals surface area (Å²) in [6.07, 6.45) is 7.55. The summed E-state index contributed by atoms with van der Waals surface area (Å²) >= 11 is 0. The molecule has 0 radical (unpaired) electrons. The Morgan fingerprint density at radius 2 is 1.75 bits per heavy atom. The molecular weight excluding hydrogens is 547 g/mol. The fourth-order valence-corrected chi connectivity index (χ4v) is 7.11. The average molecular weight is 595 g/mol. The third-order valence-corrected chi connectivity index (χ3v) is 9.24. The SMILES string of the molecule is C=C(CCc1cccc(NC(=O)C(c2ccc(CN3CCc4ccccc4C3=O)cc2)C2CCCC2)c1CF)CC(C)(C)C. The van der Waals surface area contributed by atoms with E-state index in [9.17, 15) is 14.0 Å². The van der Waals surface area contributed by atoms with Crippen molar-refractivity contribution in [3.63, 3.8) is 0 Å². The van der Waals surface area contributed by atoms with Crippen LogP contribution in [0.5, 0.6) is 0 Å². The monoisotopic (exact) mass is 594 g/mol. The van der Waals surface area contributed by atoms with Crippen LogP contribution in [0.1, 0.15) is 103 Å². The number of allylic oxidation sites excluding steroid dienone is 1. The number of nitrogens with one attached hydrogen (secondary N) is 1. The van der Waals surface area contributed by atoms with Gasteiger partial charge in [0.1, 0.15) is 6.67 Å². The number of aryl methyl sites for hydroxylation is 1. The lowest BCUT2D eigenvalue weighted by atomic mass is 9.83. The van der Waals surface area contributed by atoms with Crippen LogP contribution in [0.15, 0.2) is 78.9 Å². The molecule has 1 aliphatic carbocycles. The van der Waals surface area contributed by atoms with Crippen LogP contribution in [-0.4, -0.2) is 23.3 Å². The normalized spacial score (nSPS) is 16.1. The van der Waals surface area contributed by atoms with E-state index in [2.05, 4.69) is 44.8 Å². The van der Waals surface area contributed by atoms with Crippen LogP contribution >= 0.6 is 0 Å². The maximum atomic E-state index is 14.5. The minimum atomic E-state index is -0.625. The molecule has 0 saturated heterocycles. The third kappa shape index (κ3) is 7.67. The molecule has 1 heterocycles. The number of carbonyl (C=O) groups is 2. The van der Waals surface area contributed by atoms with Crippen LogP contribution in [0.3, 0.4) is 0 Å². The largest absolute Gasteiger partial charge is 0.334 e. The predicted octanol–water partition coefficient (Wildman–Crippen LogP) is 9.19. The molecule has 3 aromatic carbocycles. The zero-order valence-corrected chi connectivity index (χ0v) is 26.6. The van der Waals surface area contributed by atoms with E-state index < -0.39 is 6.67 Å². The quantitative estimate of drug-likeness (QED) is 0.225. The fraction of sp³-hybridized carbons (Fsp3) is 0.436. The number of nitrogens with zero attached hydrogens (tertiary/aromatic N) is 1. The third-order valence-electron chi connectivity index (χ3n) is 9.24. The van der Waals surface area contributed by atoms with Crippen molar-refractivity contribution in [1.82, 2.24) is 4.90 Å². The molecule has 2 amide bonds. The minimum absolute atomic E-state index is 0.0727. The van der Waals surface area contributed by atoms with E-state index in [1.54, 1.807) is 0 Å². The molecular formula is C39H47FN2O2. The molecule has 4 nitrogen and oxygen atoms in total. The molecule has 1 fully saturated rings. The number of benzene rings is 3. The summed E-state index contributed by atoms with van der Waals surface area (Å²) in [5.74, 6) is -0.0588. The van der Waals surface area contributed by atoms with E-state index in [4.69, 9.17) is 0 Å². The van der Waals surface area contributed by atoms with Crippen LogP contribution < -0.4 is 5.32 Å². The Balaban J connectivity index is 1.30. The Bertz CT molecular complexity index is 1480. The second-order valence-corrected chi connectivity index (χ2v) is 14.0. The molecule has 2 aliphatic rings. The number of amides is 2. The van der Waals surface area contributed by atoms with E-state index >= 15 is 0 Å². The molecule has 5 heteroatoms. The van der Waals surface area contributed by atoms with Crippen molar-refractivity contribution in [2.24, 2.45) is 11.3 Å². The highest BCUT2D eigenvalue weighted by Crippen LogP contribution is 2.39. The topological polar surface area (TPSA) is 49.4 Å². The van der Waals surface area contributed by atoms with E-state index in [1.165, 1.54) is 0 Å². The van der Waals surface area contributed by atoms with E-state index in [0.717, 1.165) is 78.3 Å². The molecule has 1 atom stereocenters. The minimum Gasteiger partial charge on any atom is -0.334 e. The number of halogens is 1. The van der Waals surface area contributed by atoms with Crippen molar-refractivity contribution in [3.05, 3.63) is 112 Å². The second-order valence-electron chi connectivity index (χ2n) is 14.0. The lowest BCUT2D eigenvalue weighted by Gasteiger charge is -2.29. The van der Waals surface area contributed by atoms with Crippen LogP contribution in [0.4, 0.5) is 10.1 Å². The number of hydrogen-bond donors (Lipinski definition) is 1.